The van der Waals surface area contributed by atoms with Crippen LogP contribution in [0.25, 0.3) is 0 Å². The molecule has 2 aromatic carbocycles. The minimum absolute atomic E-state index is 0.0670. The molecule has 0 unspecified atom stereocenters. The average molecular weight is 338 g/mol. The second kappa shape index (κ2) is 7.03. The summed E-state index contributed by atoms with van der Waals surface area (Å²) in [5.74, 6) is -0.565. The predicted molar refractivity (Wildman–Crippen MR) is 91.6 cm³/mol. The summed E-state index contributed by atoms with van der Waals surface area (Å²) in [4.78, 5) is 10.9. The summed E-state index contributed by atoms with van der Waals surface area (Å²) in [6.45, 7) is 4.13. The van der Waals surface area contributed by atoms with Crippen LogP contribution >= 0.6 is 23.2 Å². The molecule has 0 fully saturated rings. The number of halogens is 2. The predicted octanol–water partition coefficient (Wildman–Crippen LogP) is 5.49. The highest BCUT2D eigenvalue weighted by molar-refractivity contribution is 6.39. The number of aliphatic carboxylic acids is 1. The van der Waals surface area contributed by atoms with Crippen molar-refractivity contribution in [3.05, 3.63) is 57.6 Å². The molecule has 2 aromatic rings. The van der Waals surface area contributed by atoms with Crippen molar-refractivity contribution in [3.8, 4) is 0 Å². The van der Waals surface area contributed by atoms with Gasteiger partial charge in [0, 0.05) is 5.69 Å². The molecule has 5 heteroatoms. The largest absolute Gasteiger partial charge is 0.481 e. The van der Waals surface area contributed by atoms with Crippen LogP contribution in [0.5, 0.6) is 0 Å². The highest BCUT2D eigenvalue weighted by Gasteiger charge is 2.13. The van der Waals surface area contributed by atoms with Gasteiger partial charge in [0.05, 0.1) is 22.2 Å². The van der Waals surface area contributed by atoms with Crippen LogP contribution in [0, 0.1) is 0 Å². The number of hydrogen-bond donors (Lipinski definition) is 2. The average Bonchev–Trinajstić information content (AvgIpc) is 2.43. The lowest BCUT2D eigenvalue weighted by Crippen LogP contribution is -2.04. The van der Waals surface area contributed by atoms with E-state index in [1.165, 1.54) is 0 Å². The molecule has 0 saturated heterocycles. The van der Waals surface area contributed by atoms with Gasteiger partial charge >= 0.3 is 5.97 Å². The van der Waals surface area contributed by atoms with Crippen LogP contribution in [0.1, 0.15) is 30.9 Å². The standard InChI is InChI=1S/C17H17Cl2NO2/c1-10(2)12-7-13(18)17(14(19)8-12)20-15-6-4-3-5-11(15)9-16(21)22/h3-8,10,20H,9H2,1-2H3,(H,21,22). The second-order valence-corrected chi connectivity index (χ2v) is 6.18. The van der Waals surface area contributed by atoms with Gasteiger partial charge in [-0.25, -0.2) is 0 Å². The number of carbonyl (C=O) groups is 1. The first-order valence-electron chi connectivity index (χ1n) is 6.94. The highest BCUT2D eigenvalue weighted by Crippen LogP contribution is 2.36. The molecule has 0 amide bonds. The molecule has 22 heavy (non-hydrogen) atoms. The molecule has 0 saturated carbocycles. The topological polar surface area (TPSA) is 49.3 Å². The van der Waals surface area contributed by atoms with Crippen LogP contribution < -0.4 is 5.32 Å². The van der Waals surface area contributed by atoms with E-state index in [-0.39, 0.29) is 6.42 Å². The van der Waals surface area contributed by atoms with E-state index in [2.05, 4.69) is 19.2 Å². The minimum atomic E-state index is -0.887. The number of carboxylic acids is 1. The summed E-state index contributed by atoms with van der Waals surface area (Å²) in [6, 6.07) is 11.0. The molecule has 0 bridgehead atoms. The van der Waals surface area contributed by atoms with Crippen LogP contribution in [-0.2, 0) is 11.2 Å². The zero-order valence-electron chi connectivity index (χ0n) is 12.4. The Bertz CT molecular complexity index is 676. The maximum absolute atomic E-state index is 10.9. The SMILES string of the molecule is CC(C)c1cc(Cl)c(Nc2ccccc2CC(=O)O)c(Cl)c1. The molecule has 0 aromatic heterocycles. The zero-order valence-corrected chi connectivity index (χ0v) is 13.9. The second-order valence-electron chi connectivity index (χ2n) is 5.37. The van der Waals surface area contributed by atoms with Gasteiger partial charge in [0.1, 0.15) is 0 Å². The Morgan fingerprint density at radius 3 is 2.32 bits per heavy atom. The molecule has 0 heterocycles. The van der Waals surface area contributed by atoms with Crippen molar-refractivity contribution in [2.45, 2.75) is 26.2 Å². The van der Waals surface area contributed by atoms with Crippen molar-refractivity contribution in [1.29, 1.82) is 0 Å². The highest BCUT2D eigenvalue weighted by atomic mass is 35.5. The van der Waals surface area contributed by atoms with Crippen LogP contribution in [0.4, 0.5) is 11.4 Å². The van der Waals surface area contributed by atoms with Crippen LogP contribution in [-0.4, -0.2) is 11.1 Å². The van der Waals surface area contributed by atoms with Gasteiger partial charge in [0.15, 0.2) is 0 Å². The van der Waals surface area contributed by atoms with Gasteiger partial charge in [-0.3, -0.25) is 4.79 Å². The fourth-order valence-corrected chi connectivity index (χ4v) is 2.74. The molecular weight excluding hydrogens is 321 g/mol. The van der Waals surface area contributed by atoms with E-state index in [1.54, 1.807) is 18.2 Å². The van der Waals surface area contributed by atoms with Gasteiger partial charge in [-0.2, -0.15) is 0 Å². The molecule has 0 radical (unpaired) electrons. The monoisotopic (exact) mass is 337 g/mol. The summed E-state index contributed by atoms with van der Waals surface area (Å²) in [5.41, 5.74) is 3.01. The maximum atomic E-state index is 10.9. The van der Waals surface area contributed by atoms with Crippen molar-refractivity contribution in [3.63, 3.8) is 0 Å². The molecular formula is C17H17Cl2NO2. The zero-order chi connectivity index (χ0) is 16.3. The number of nitrogens with one attached hydrogen (secondary N) is 1. The third-order valence-electron chi connectivity index (χ3n) is 3.35. The van der Waals surface area contributed by atoms with E-state index in [0.717, 1.165) is 5.56 Å². The third kappa shape index (κ3) is 3.93. The first-order valence-corrected chi connectivity index (χ1v) is 7.69. The summed E-state index contributed by atoms with van der Waals surface area (Å²) in [6.07, 6.45) is -0.0670. The van der Waals surface area contributed by atoms with Crippen molar-refractivity contribution in [1.82, 2.24) is 0 Å². The number of para-hydroxylation sites is 1. The summed E-state index contributed by atoms with van der Waals surface area (Å²) in [7, 11) is 0. The number of hydrogen-bond acceptors (Lipinski definition) is 2. The van der Waals surface area contributed by atoms with Crippen molar-refractivity contribution < 1.29 is 9.90 Å². The number of anilines is 2. The molecule has 0 spiro atoms. The molecule has 2 N–H and O–H groups in total. The van der Waals surface area contributed by atoms with Crippen molar-refractivity contribution in [2.75, 3.05) is 5.32 Å². The summed E-state index contributed by atoms with van der Waals surface area (Å²) < 4.78 is 0. The lowest BCUT2D eigenvalue weighted by Gasteiger charge is -2.16. The Morgan fingerprint density at radius 2 is 1.77 bits per heavy atom. The van der Waals surface area contributed by atoms with Crippen molar-refractivity contribution >= 4 is 40.5 Å². The lowest BCUT2D eigenvalue weighted by atomic mass is 10.0. The third-order valence-corrected chi connectivity index (χ3v) is 3.95. The quantitative estimate of drug-likeness (QED) is 0.758. The van der Waals surface area contributed by atoms with Gasteiger partial charge in [-0.1, -0.05) is 55.2 Å². The summed E-state index contributed by atoms with van der Waals surface area (Å²) >= 11 is 12.6. The maximum Gasteiger partial charge on any atom is 0.307 e. The molecule has 0 aliphatic carbocycles. The molecule has 0 aliphatic heterocycles. The van der Waals surface area contributed by atoms with E-state index in [1.807, 2.05) is 18.2 Å². The van der Waals surface area contributed by atoms with Gasteiger partial charge in [0.25, 0.3) is 0 Å². The number of rotatable bonds is 5. The normalized spacial score (nSPS) is 10.8. The fraction of sp³-hybridized carbons (Fsp3) is 0.235. The number of benzene rings is 2. The molecule has 0 aliphatic rings. The Labute approximate surface area is 139 Å². The van der Waals surface area contributed by atoms with Crippen LogP contribution in [0.15, 0.2) is 36.4 Å². The Kier molecular flexibility index (Phi) is 5.33. The van der Waals surface area contributed by atoms with E-state index in [4.69, 9.17) is 28.3 Å². The van der Waals surface area contributed by atoms with Crippen molar-refractivity contribution in [2.24, 2.45) is 0 Å². The van der Waals surface area contributed by atoms with Crippen LogP contribution in [0.3, 0.4) is 0 Å². The Morgan fingerprint density at radius 1 is 1.18 bits per heavy atom. The van der Waals surface area contributed by atoms with Gasteiger partial charge in [-0.05, 0) is 35.2 Å². The van der Waals surface area contributed by atoms with E-state index in [0.29, 0.717) is 32.9 Å². The summed E-state index contributed by atoms with van der Waals surface area (Å²) in [5, 5.41) is 13.2. The van der Waals surface area contributed by atoms with Gasteiger partial charge in [-0.15, -0.1) is 0 Å². The van der Waals surface area contributed by atoms with E-state index in [9.17, 15) is 4.79 Å². The van der Waals surface area contributed by atoms with E-state index < -0.39 is 5.97 Å². The van der Waals surface area contributed by atoms with Gasteiger partial charge < -0.3 is 10.4 Å². The number of carboxylic acid groups (broad SMARTS) is 1. The first kappa shape index (κ1) is 16.7. The van der Waals surface area contributed by atoms with Gasteiger partial charge in [0.2, 0.25) is 0 Å². The van der Waals surface area contributed by atoms with Crippen LogP contribution in [0.2, 0.25) is 10.0 Å². The Balaban J connectivity index is 2.38. The van der Waals surface area contributed by atoms with E-state index >= 15 is 0 Å². The molecule has 3 nitrogen and oxygen atoms in total. The molecule has 0 atom stereocenters. The minimum Gasteiger partial charge on any atom is -0.481 e. The first-order chi connectivity index (χ1) is 10.4. The lowest BCUT2D eigenvalue weighted by molar-refractivity contribution is -0.136. The molecule has 116 valence electrons. The Hall–Kier alpha value is -1.71. The smallest absolute Gasteiger partial charge is 0.307 e. The fourth-order valence-electron chi connectivity index (χ4n) is 2.14. The molecule has 2 rings (SSSR count).